The maximum Gasteiger partial charge on any atom is 0.204 e. The molecule has 0 amide bonds. The van der Waals surface area contributed by atoms with E-state index in [1.807, 2.05) is 36.4 Å². The molecule has 1 heterocycles. The number of thioether (sulfide) groups is 1. The van der Waals surface area contributed by atoms with E-state index in [9.17, 15) is 13.9 Å². The molecule has 1 aliphatic rings. The zero-order chi connectivity index (χ0) is 29.2. The number of rotatable bonds is 14. The van der Waals surface area contributed by atoms with Crippen LogP contribution in [-0.2, 0) is 0 Å². The van der Waals surface area contributed by atoms with Gasteiger partial charge in [0.2, 0.25) is 5.75 Å². The van der Waals surface area contributed by atoms with Crippen molar-refractivity contribution in [2.75, 3.05) is 66.4 Å². The number of ether oxygens (including phenoxy) is 3. The van der Waals surface area contributed by atoms with E-state index in [0.717, 1.165) is 61.6 Å². The van der Waals surface area contributed by atoms with Crippen molar-refractivity contribution in [3.63, 3.8) is 0 Å². The number of hydrogen-bond donors (Lipinski definition) is 1. The molecule has 41 heavy (non-hydrogen) atoms. The van der Waals surface area contributed by atoms with E-state index in [-0.39, 0.29) is 17.6 Å². The Morgan fingerprint density at radius 3 is 1.85 bits per heavy atom. The predicted octanol–water partition coefficient (Wildman–Crippen LogP) is 5.67. The van der Waals surface area contributed by atoms with Crippen LogP contribution in [0.2, 0.25) is 0 Å². The van der Waals surface area contributed by atoms with Crippen molar-refractivity contribution in [2.24, 2.45) is 0 Å². The zero-order valence-corrected chi connectivity index (χ0v) is 24.8. The van der Waals surface area contributed by atoms with Crippen molar-refractivity contribution in [3.05, 3.63) is 83.4 Å². The van der Waals surface area contributed by atoms with Gasteiger partial charge in [-0.15, -0.1) is 11.8 Å². The van der Waals surface area contributed by atoms with Crippen molar-refractivity contribution in [2.45, 2.75) is 29.8 Å². The molecule has 3 aromatic carbocycles. The topological polar surface area (TPSA) is 54.4 Å². The first-order valence-corrected chi connectivity index (χ1v) is 15.0. The molecule has 1 atom stereocenters. The van der Waals surface area contributed by atoms with Crippen LogP contribution in [-0.4, -0.2) is 87.4 Å². The minimum absolute atomic E-state index is 0.0921. The van der Waals surface area contributed by atoms with Crippen LogP contribution in [0.1, 0.15) is 29.9 Å². The van der Waals surface area contributed by atoms with Gasteiger partial charge in [0, 0.05) is 44.4 Å². The molecule has 3 aromatic rings. The monoisotopic (exact) mass is 586 g/mol. The van der Waals surface area contributed by atoms with Gasteiger partial charge in [-0.3, -0.25) is 4.90 Å². The van der Waals surface area contributed by atoms with Gasteiger partial charge < -0.3 is 24.2 Å². The lowest BCUT2D eigenvalue weighted by atomic mass is 9.87. The number of β-amino-alcohol motifs (C(OH)–C–C–N with tert-alkyl or cyclic N) is 1. The van der Waals surface area contributed by atoms with E-state index in [1.165, 1.54) is 36.0 Å². The molecule has 1 unspecified atom stereocenters. The average Bonchev–Trinajstić information content (AvgIpc) is 2.99. The molecule has 4 rings (SSSR count). The molecule has 6 nitrogen and oxygen atoms in total. The second-order valence-corrected chi connectivity index (χ2v) is 11.3. The Kier molecular flexibility index (Phi) is 11.7. The van der Waals surface area contributed by atoms with E-state index < -0.39 is 6.10 Å². The molecule has 0 aromatic heterocycles. The van der Waals surface area contributed by atoms with Crippen molar-refractivity contribution in [1.29, 1.82) is 0 Å². The normalized spacial score (nSPS) is 15.2. The number of piperazine rings is 1. The molecule has 222 valence electrons. The Bertz CT molecular complexity index is 1180. The maximum absolute atomic E-state index is 13.5. The molecular weight excluding hydrogens is 546 g/mol. The number of halogens is 2. The Balaban J connectivity index is 1.22. The fourth-order valence-electron chi connectivity index (χ4n) is 5.35. The van der Waals surface area contributed by atoms with Gasteiger partial charge in [-0.2, -0.15) is 0 Å². The minimum Gasteiger partial charge on any atom is -0.493 e. The van der Waals surface area contributed by atoms with Gasteiger partial charge in [0.25, 0.3) is 0 Å². The summed E-state index contributed by atoms with van der Waals surface area (Å²) in [7, 11) is 4.77. The predicted molar refractivity (Wildman–Crippen MR) is 160 cm³/mol. The fourth-order valence-corrected chi connectivity index (χ4v) is 6.30. The number of methoxy groups -OCH3 is 3. The smallest absolute Gasteiger partial charge is 0.204 e. The molecule has 1 N–H and O–H groups in total. The lowest BCUT2D eigenvalue weighted by molar-refractivity contribution is 0.0819. The lowest BCUT2D eigenvalue weighted by Crippen LogP contribution is -2.49. The van der Waals surface area contributed by atoms with E-state index >= 15 is 0 Å². The summed E-state index contributed by atoms with van der Waals surface area (Å²) in [6, 6.07) is 17.0. The molecule has 1 saturated heterocycles. The largest absolute Gasteiger partial charge is 0.493 e. The van der Waals surface area contributed by atoms with Gasteiger partial charge >= 0.3 is 0 Å². The van der Waals surface area contributed by atoms with Crippen LogP contribution < -0.4 is 14.2 Å². The Labute approximate surface area is 246 Å². The molecule has 0 bridgehead atoms. The second kappa shape index (κ2) is 15.4. The summed E-state index contributed by atoms with van der Waals surface area (Å²) in [6.45, 7) is 5.28. The number of nitrogens with zero attached hydrogens (tertiary/aromatic N) is 2. The summed E-state index contributed by atoms with van der Waals surface area (Å²) >= 11 is 1.54. The molecular formula is C32H40F2N2O4S. The van der Waals surface area contributed by atoms with Crippen LogP contribution in [0.4, 0.5) is 8.78 Å². The summed E-state index contributed by atoms with van der Waals surface area (Å²) < 4.78 is 43.4. The van der Waals surface area contributed by atoms with Gasteiger partial charge in [-0.25, -0.2) is 8.78 Å². The molecule has 0 saturated carbocycles. The fraction of sp³-hybridized carbons (Fsp3) is 0.438. The Hall–Kier alpha value is -2.85. The van der Waals surface area contributed by atoms with Crippen molar-refractivity contribution in [3.8, 4) is 17.2 Å². The molecule has 0 aliphatic carbocycles. The quantitative estimate of drug-likeness (QED) is 0.244. The maximum atomic E-state index is 13.5. The standard InChI is InChI=1S/C32H40F2N2O4S/c1-38-29-14-15-30(32(40-3)31(29)39-2)41-22-27(37)21-36-19-17-35(18-20-36)16-4-5-28(23-6-10-25(33)11-7-23)24-8-12-26(34)13-9-24/h6-15,27-28,37H,4-5,16-22H2,1-3H3. The molecule has 1 fully saturated rings. The van der Waals surface area contributed by atoms with Crippen LogP contribution in [0.15, 0.2) is 65.6 Å². The number of benzene rings is 3. The third-order valence-electron chi connectivity index (χ3n) is 7.55. The SMILES string of the molecule is COc1ccc(SCC(O)CN2CCN(CCCC(c3ccc(F)cc3)c3ccc(F)cc3)CC2)c(OC)c1OC. The minimum atomic E-state index is -0.475. The second-order valence-electron chi connectivity index (χ2n) is 10.2. The van der Waals surface area contributed by atoms with Crippen LogP contribution >= 0.6 is 11.8 Å². The van der Waals surface area contributed by atoms with E-state index in [4.69, 9.17) is 14.2 Å². The van der Waals surface area contributed by atoms with Gasteiger partial charge in [-0.1, -0.05) is 24.3 Å². The van der Waals surface area contributed by atoms with Crippen LogP contribution in [0.25, 0.3) is 0 Å². The van der Waals surface area contributed by atoms with E-state index in [2.05, 4.69) is 9.80 Å². The summed E-state index contributed by atoms with van der Waals surface area (Å²) in [5, 5.41) is 10.8. The molecule has 1 aliphatic heterocycles. The summed E-state index contributed by atoms with van der Waals surface area (Å²) in [5.74, 6) is 1.89. The Morgan fingerprint density at radius 1 is 0.756 bits per heavy atom. The van der Waals surface area contributed by atoms with Crippen LogP contribution in [0, 0.1) is 11.6 Å². The highest BCUT2D eigenvalue weighted by Gasteiger charge is 2.22. The number of aliphatic hydroxyl groups excluding tert-OH is 1. The molecule has 0 spiro atoms. The van der Waals surface area contributed by atoms with Gasteiger partial charge in [0.1, 0.15) is 11.6 Å². The van der Waals surface area contributed by atoms with Crippen LogP contribution in [0.5, 0.6) is 17.2 Å². The summed E-state index contributed by atoms with van der Waals surface area (Å²) in [6.07, 6.45) is 1.40. The highest BCUT2D eigenvalue weighted by molar-refractivity contribution is 7.99. The highest BCUT2D eigenvalue weighted by Crippen LogP contribution is 2.44. The lowest BCUT2D eigenvalue weighted by Gasteiger charge is -2.35. The van der Waals surface area contributed by atoms with Gasteiger partial charge in [0.15, 0.2) is 11.5 Å². The van der Waals surface area contributed by atoms with Crippen molar-refractivity contribution < 1.29 is 28.1 Å². The first-order chi connectivity index (χ1) is 19.9. The first kappa shape index (κ1) is 31.1. The van der Waals surface area contributed by atoms with Gasteiger partial charge in [-0.05, 0) is 66.9 Å². The molecule has 9 heteroatoms. The zero-order valence-electron chi connectivity index (χ0n) is 24.0. The highest BCUT2D eigenvalue weighted by atomic mass is 32.2. The summed E-state index contributed by atoms with van der Waals surface area (Å²) in [5.41, 5.74) is 2.08. The van der Waals surface area contributed by atoms with Crippen LogP contribution in [0.3, 0.4) is 0 Å². The average molecular weight is 587 g/mol. The Morgan fingerprint density at radius 2 is 1.32 bits per heavy atom. The van der Waals surface area contributed by atoms with E-state index in [1.54, 1.807) is 21.3 Å². The first-order valence-electron chi connectivity index (χ1n) is 14.0. The number of aliphatic hydroxyl groups is 1. The third-order valence-corrected chi connectivity index (χ3v) is 8.73. The van der Waals surface area contributed by atoms with Gasteiger partial charge in [0.05, 0.1) is 32.3 Å². The van der Waals surface area contributed by atoms with Crippen molar-refractivity contribution >= 4 is 11.8 Å². The molecule has 0 radical (unpaired) electrons. The summed E-state index contributed by atoms with van der Waals surface area (Å²) in [4.78, 5) is 5.67. The van der Waals surface area contributed by atoms with E-state index in [0.29, 0.717) is 29.5 Å². The number of hydrogen-bond acceptors (Lipinski definition) is 7. The third kappa shape index (κ3) is 8.58. The van der Waals surface area contributed by atoms with Crippen molar-refractivity contribution in [1.82, 2.24) is 9.80 Å².